The van der Waals surface area contributed by atoms with Crippen LogP contribution in [0.2, 0.25) is 0 Å². The zero-order valence-corrected chi connectivity index (χ0v) is 14.8. The molecule has 2 fully saturated rings. The zero-order valence-electron chi connectivity index (χ0n) is 14.8. The molecule has 25 heavy (non-hydrogen) atoms. The Morgan fingerprint density at radius 2 is 2.00 bits per heavy atom. The molecular formula is C21H27FN2O. The van der Waals surface area contributed by atoms with Crippen LogP contribution in [0.25, 0.3) is 0 Å². The summed E-state index contributed by atoms with van der Waals surface area (Å²) in [7, 11) is 0. The number of nitrogens with zero attached hydrogens (tertiary/aromatic N) is 2. The molecule has 2 heterocycles. The van der Waals surface area contributed by atoms with E-state index in [0.717, 1.165) is 76.0 Å². The minimum atomic E-state index is -0.193. The van der Waals surface area contributed by atoms with E-state index >= 15 is 0 Å². The first kappa shape index (κ1) is 16.8. The Balaban J connectivity index is 1.63. The molecule has 1 saturated heterocycles. The second kappa shape index (κ2) is 6.56. The molecule has 0 radical (unpaired) electrons. The van der Waals surface area contributed by atoms with Gasteiger partial charge in [0, 0.05) is 30.1 Å². The number of benzene rings is 1. The summed E-state index contributed by atoms with van der Waals surface area (Å²) in [6.45, 7) is 7.41. The van der Waals surface area contributed by atoms with E-state index in [2.05, 4.69) is 11.5 Å². The number of hydrogen-bond acceptors (Lipinski definition) is 2. The van der Waals surface area contributed by atoms with Crippen molar-refractivity contribution < 1.29 is 9.18 Å². The molecule has 0 aromatic heterocycles. The number of rotatable bonds is 3. The number of carbonyl (C=O) groups excluding carboxylic acids is 1. The van der Waals surface area contributed by atoms with E-state index < -0.39 is 0 Å². The lowest BCUT2D eigenvalue weighted by Crippen LogP contribution is -2.46. The van der Waals surface area contributed by atoms with Gasteiger partial charge in [-0.3, -0.25) is 9.69 Å². The highest BCUT2D eigenvalue weighted by Gasteiger charge is 2.47. The Morgan fingerprint density at radius 1 is 1.28 bits per heavy atom. The van der Waals surface area contributed by atoms with Gasteiger partial charge in [-0.1, -0.05) is 18.9 Å². The van der Waals surface area contributed by atoms with Crippen LogP contribution in [0.3, 0.4) is 0 Å². The highest BCUT2D eigenvalue weighted by atomic mass is 19.1. The van der Waals surface area contributed by atoms with Crippen molar-refractivity contribution in [2.45, 2.75) is 43.9 Å². The Hall–Kier alpha value is -1.68. The molecule has 0 N–H and O–H groups in total. The molecule has 134 valence electrons. The van der Waals surface area contributed by atoms with Crippen LogP contribution in [0, 0.1) is 11.7 Å². The SMILES string of the molecule is C=CCN1CCC2(CC1)CN(C(=O)C1CCCC1)c1ccc(F)cc12. The monoisotopic (exact) mass is 342 g/mol. The smallest absolute Gasteiger partial charge is 0.230 e. The average molecular weight is 342 g/mol. The lowest BCUT2D eigenvalue weighted by atomic mass is 9.74. The molecule has 3 aliphatic rings. The number of hydrogen-bond donors (Lipinski definition) is 0. The molecule has 0 bridgehead atoms. The summed E-state index contributed by atoms with van der Waals surface area (Å²) >= 11 is 0. The van der Waals surface area contributed by atoms with Crippen molar-refractivity contribution in [1.82, 2.24) is 4.90 Å². The summed E-state index contributed by atoms with van der Waals surface area (Å²) in [5.74, 6) is 0.228. The molecule has 4 heteroatoms. The fraction of sp³-hybridized carbons (Fsp3) is 0.571. The van der Waals surface area contributed by atoms with Gasteiger partial charge in [0.05, 0.1) is 0 Å². The van der Waals surface area contributed by atoms with Gasteiger partial charge in [-0.15, -0.1) is 6.58 Å². The number of halogens is 1. The summed E-state index contributed by atoms with van der Waals surface area (Å²) < 4.78 is 14.0. The predicted molar refractivity (Wildman–Crippen MR) is 98.3 cm³/mol. The van der Waals surface area contributed by atoms with Crippen LogP contribution >= 0.6 is 0 Å². The fourth-order valence-corrected chi connectivity index (χ4v) is 5.00. The summed E-state index contributed by atoms with van der Waals surface area (Å²) in [6, 6.07) is 5.00. The number of likely N-dealkylation sites (tertiary alicyclic amines) is 1. The molecule has 1 saturated carbocycles. The third kappa shape index (κ3) is 2.91. The second-order valence-electron chi connectivity index (χ2n) is 7.94. The van der Waals surface area contributed by atoms with Crippen LogP contribution in [0.5, 0.6) is 0 Å². The maximum atomic E-state index is 14.0. The van der Waals surface area contributed by atoms with Crippen molar-refractivity contribution in [3.05, 3.63) is 42.2 Å². The van der Waals surface area contributed by atoms with Gasteiger partial charge in [0.2, 0.25) is 5.91 Å². The summed E-state index contributed by atoms with van der Waals surface area (Å²) in [5, 5.41) is 0. The van der Waals surface area contributed by atoms with E-state index in [4.69, 9.17) is 0 Å². The maximum Gasteiger partial charge on any atom is 0.230 e. The van der Waals surface area contributed by atoms with Gasteiger partial charge >= 0.3 is 0 Å². The van der Waals surface area contributed by atoms with Crippen molar-refractivity contribution in [3.63, 3.8) is 0 Å². The van der Waals surface area contributed by atoms with Crippen molar-refractivity contribution in [2.24, 2.45) is 5.92 Å². The predicted octanol–water partition coefficient (Wildman–Crippen LogP) is 3.88. The number of anilines is 1. The molecule has 1 aliphatic carbocycles. The van der Waals surface area contributed by atoms with E-state index in [1.165, 1.54) is 6.07 Å². The topological polar surface area (TPSA) is 23.6 Å². The minimum absolute atomic E-state index is 0.0800. The van der Waals surface area contributed by atoms with Crippen LogP contribution in [-0.2, 0) is 10.2 Å². The molecule has 3 nitrogen and oxygen atoms in total. The van der Waals surface area contributed by atoms with E-state index in [1.54, 1.807) is 6.07 Å². The largest absolute Gasteiger partial charge is 0.311 e. The Bertz CT molecular complexity index is 672. The van der Waals surface area contributed by atoms with Gasteiger partial charge in [0.15, 0.2) is 0 Å². The quantitative estimate of drug-likeness (QED) is 0.778. The van der Waals surface area contributed by atoms with E-state index in [9.17, 15) is 9.18 Å². The van der Waals surface area contributed by atoms with Gasteiger partial charge in [0.1, 0.15) is 5.82 Å². The second-order valence-corrected chi connectivity index (χ2v) is 7.94. The number of piperidine rings is 1. The van der Waals surface area contributed by atoms with Crippen LogP contribution in [-0.4, -0.2) is 37.0 Å². The van der Waals surface area contributed by atoms with E-state index in [0.29, 0.717) is 0 Å². The molecule has 0 atom stereocenters. The molecule has 4 rings (SSSR count). The Morgan fingerprint density at radius 3 is 2.68 bits per heavy atom. The molecule has 1 aromatic rings. The van der Waals surface area contributed by atoms with Crippen LogP contribution < -0.4 is 4.90 Å². The third-order valence-corrected chi connectivity index (χ3v) is 6.45. The van der Waals surface area contributed by atoms with Crippen LogP contribution in [0.4, 0.5) is 10.1 Å². The van der Waals surface area contributed by atoms with E-state index in [1.807, 2.05) is 17.0 Å². The standard InChI is InChI=1S/C21H27FN2O/c1-2-11-23-12-9-21(10-13-23)15-24(20(25)16-5-3-4-6-16)19-8-7-17(22)14-18(19)21/h2,7-8,14,16H,1,3-6,9-13,15H2. The van der Waals surface area contributed by atoms with Gasteiger partial charge < -0.3 is 4.90 Å². The number of carbonyl (C=O) groups is 1. The first-order valence-corrected chi connectivity index (χ1v) is 9.58. The van der Waals surface area contributed by atoms with Gasteiger partial charge in [-0.05, 0) is 62.5 Å². The van der Waals surface area contributed by atoms with Crippen LogP contribution in [0.15, 0.2) is 30.9 Å². The highest BCUT2D eigenvalue weighted by Crippen LogP contribution is 2.48. The van der Waals surface area contributed by atoms with Gasteiger partial charge in [0.25, 0.3) is 0 Å². The lowest BCUT2D eigenvalue weighted by Gasteiger charge is -2.39. The molecule has 1 amide bonds. The number of amides is 1. The maximum absolute atomic E-state index is 14.0. The molecule has 0 unspecified atom stereocenters. The Labute approximate surface area is 149 Å². The molecule has 1 spiro atoms. The Kier molecular flexibility index (Phi) is 4.40. The van der Waals surface area contributed by atoms with Crippen LogP contribution in [0.1, 0.15) is 44.1 Å². The van der Waals surface area contributed by atoms with Crippen molar-refractivity contribution in [2.75, 3.05) is 31.1 Å². The summed E-state index contributed by atoms with van der Waals surface area (Å²) in [4.78, 5) is 17.5. The molecule has 1 aromatic carbocycles. The molecule has 2 aliphatic heterocycles. The van der Waals surface area contributed by atoms with E-state index in [-0.39, 0.29) is 23.1 Å². The number of fused-ring (bicyclic) bond motifs is 2. The van der Waals surface area contributed by atoms with Crippen molar-refractivity contribution in [1.29, 1.82) is 0 Å². The third-order valence-electron chi connectivity index (χ3n) is 6.45. The first-order chi connectivity index (χ1) is 12.1. The fourth-order valence-electron chi connectivity index (χ4n) is 5.00. The zero-order chi connectivity index (χ0) is 17.4. The lowest BCUT2D eigenvalue weighted by molar-refractivity contribution is -0.122. The highest BCUT2D eigenvalue weighted by molar-refractivity contribution is 5.98. The summed E-state index contributed by atoms with van der Waals surface area (Å²) in [6.07, 6.45) is 8.22. The average Bonchev–Trinajstić information content (AvgIpc) is 3.25. The van der Waals surface area contributed by atoms with Crippen molar-refractivity contribution >= 4 is 11.6 Å². The van der Waals surface area contributed by atoms with Gasteiger partial charge in [-0.2, -0.15) is 0 Å². The van der Waals surface area contributed by atoms with Gasteiger partial charge in [-0.25, -0.2) is 4.39 Å². The summed E-state index contributed by atoms with van der Waals surface area (Å²) in [5.41, 5.74) is 1.93. The minimum Gasteiger partial charge on any atom is -0.311 e. The molecular weight excluding hydrogens is 315 g/mol. The normalized spacial score (nSPS) is 23.2. The first-order valence-electron chi connectivity index (χ1n) is 9.58. The van der Waals surface area contributed by atoms with Crippen molar-refractivity contribution in [3.8, 4) is 0 Å².